The summed E-state index contributed by atoms with van der Waals surface area (Å²) in [6, 6.07) is 0.720. The summed E-state index contributed by atoms with van der Waals surface area (Å²) in [4.78, 5) is 0. The van der Waals surface area contributed by atoms with Gasteiger partial charge in [-0.1, -0.05) is 6.42 Å². The molecule has 0 radical (unpaired) electrons. The van der Waals surface area contributed by atoms with E-state index in [0.717, 1.165) is 17.9 Å². The van der Waals surface area contributed by atoms with E-state index in [9.17, 15) is 0 Å². The lowest BCUT2D eigenvalue weighted by Gasteiger charge is -2.22. The maximum absolute atomic E-state index is 4.17. The Morgan fingerprint density at radius 3 is 2.93 bits per heavy atom. The zero-order valence-corrected chi connectivity index (χ0v) is 8.61. The van der Waals surface area contributed by atoms with Crippen LogP contribution < -0.4 is 5.32 Å². The Morgan fingerprint density at radius 1 is 1.43 bits per heavy atom. The Bertz CT molecular complexity index is 331. The fourth-order valence-corrected chi connectivity index (χ4v) is 3.13. The standard InChI is InChI=1S/C11H17N3/c1-14-7-10(6-12-14)13-11-5-8-2-3-9(11)4-8/h6-9,11,13H,2-5H2,1H3/t8-,9-,11+/m1/s1. The van der Waals surface area contributed by atoms with E-state index in [0.29, 0.717) is 0 Å². The molecule has 0 saturated heterocycles. The van der Waals surface area contributed by atoms with Crippen LogP contribution in [0.25, 0.3) is 0 Å². The Kier molecular flexibility index (Phi) is 1.79. The Hall–Kier alpha value is -0.990. The van der Waals surface area contributed by atoms with Crippen LogP contribution in [-0.4, -0.2) is 15.8 Å². The third-order valence-corrected chi connectivity index (χ3v) is 3.80. The van der Waals surface area contributed by atoms with Crippen molar-refractivity contribution in [2.45, 2.75) is 31.7 Å². The van der Waals surface area contributed by atoms with Crippen LogP contribution in [0.2, 0.25) is 0 Å². The van der Waals surface area contributed by atoms with Crippen LogP contribution in [0.15, 0.2) is 12.4 Å². The van der Waals surface area contributed by atoms with E-state index in [-0.39, 0.29) is 0 Å². The van der Waals surface area contributed by atoms with Crippen LogP contribution in [0.1, 0.15) is 25.7 Å². The monoisotopic (exact) mass is 191 g/mol. The van der Waals surface area contributed by atoms with Gasteiger partial charge < -0.3 is 5.32 Å². The van der Waals surface area contributed by atoms with Crippen molar-refractivity contribution >= 4 is 5.69 Å². The second kappa shape index (κ2) is 3.01. The number of aryl methyl sites for hydroxylation is 1. The van der Waals surface area contributed by atoms with Crippen molar-refractivity contribution in [1.82, 2.24) is 9.78 Å². The zero-order chi connectivity index (χ0) is 9.54. The summed E-state index contributed by atoms with van der Waals surface area (Å²) >= 11 is 0. The van der Waals surface area contributed by atoms with Crippen molar-refractivity contribution in [3.05, 3.63) is 12.4 Å². The predicted octanol–water partition coefficient (Wildman–Crippen LogP) is 2.02. The highest BCUT2D eigenvalue weighted by Crippen LogP contribution is 2.45. The van der Waals surface area contributed by atoms with Crippen molar-refractivity contribution < 1.29 is 0 Å². The fourth-order valence-electron chi connectivity index (χ4n) is 3.13. The van der Waals surface area contributed by atoms with E-state index in [1.54, 1.807) is 0 Å². The van der Waals surface area contributed by atoms with Gasteiger partial charge in [0.15, 0.2) is 0 Å². The van der Waals surface area contributed by atoms with E-state index in [1.807, 2.05) is 17.9 Å². The van der Waals surface area contributed by atoms with E-state index in [4.69, 9.17) is 0 Å². The van der Waals surface area contributed by atoms with Crippen molar-refractivity contribution in [3.8, 4) is 0 Å². The number of fused-ring (bicyclic) bond motifs is 2. The van der Waals surface area contributed by atoms with E-state index in [2.05, 4.69) is 16.6 Å². The first-order valence-electron chi connectivity index (χ1n) is 5.56. The Balaban J connectivity index is 1.68. The van der Waals surface area contributed by atoms with E-state index >= 15 is 0 Å². The highest BCUT2D eigenvalue weighted by molar-refractivity contribution is 5.40. The van der Waals surface area contributed by atoms with Gasteiger partial charge in [-0.05, 0) is 31.1 Å². The maximum atomic E-state index is 4.17. The summed E-state index contributed by atoms with van der Waals surface area (Å²) in [6.07, 6.45) is 9.72. The average Bonchev–Trinajstić information content (AvgIpc) is 2.82. The van der Waals surface area contributed by atoms with Crippen LogP contribution >= 0.6 is 0 Å². The summed E-state index contributed by atoms with van der Waals surface area (Å²) in [5, 5.41) is 7.78. The predicted molar refractivity (Wildman–Crippen MR) is 56.1 cm³/mol. The number of aromatic nitrogens is 2. The molecule has 2 aliphatic carbocycles. The van der Waals surface area contributed by atoms with Gasteiger partial charge in [0, 0.05) is 19.3 Å². The van der Waals surface area contributed by atoms with Crippen molar-refractivity contribution in [3.63, 3.8) is 0 Å². The molecular formula is C11H17N3. The first-order valence-corrected chi connectivity index (χ1v) is 5.56. The topological polar surface area (TPSA) is 29.9 Å². The maximum Gasteiger partial charge on any atom is 0.0728 e. The first-order chi connectivity index (χ1) is 6.81. The highest BCUT2D eigenvalue weighted by atomic mass is 15.3. The Labute approximate surface area is 84.5 Å². The minimum atomic E-state index is 0.720. The minimum Gasteiger partial charge on any atom is -0.379 e. The molecule has 2 fully saturated rings. The quantitative estimate of drug-likeness (QED) is 0.775. The molecule has 3 nitrogen and oxygen atoms in total. The van der Waals surface area contributed by atoms with Gasteiger partial charge in [-0.15, -0.1) is 0 Å². The molecule has 14 heavy (non-hydrogen) atoms. The van der Waals surface area contributed by atoms with Crippen LogP contribution in [0.3, 0.4) is 0 Å². The van der Waals surface area contributed by atoms with Gasteiger partial charge >= 0.3 is 0 Å². The van der Waals surface area contributed by atoms with Crippen molar-refractivity contribution in [2.24, 2.45) is 18.9 Å². The lowest BCUT2D eigenvalue weighted by atomic mass is 9.95. The first kappa shape index (κ1) is 8.33. The van der Waals surface area contributed by atoms with Gasteiger partial charge in [-0.3, -0.25) is 4.68 Å². The zero-order valence-electron chi connectivity index (χ0n) is 8.61. The molecule has 2 bridgehead atoms. The van der Waals surface area contributed by atoms with Gasteiger partial charge in [0.05, 0.1) is 11.9 Å². The Morgan fingerprint density at radius 2 is 2.36 bits per heavy atom. The molecule has 3 atom stereocenters. The van der Waals surface area contributed by atoms with Crippen molar-refractivity contribution in [1.29, 1.82) is 0 Å². The molecule has 1 aromatic rings. The average molecular weight is 191 g/mol. The molecular weight excluding hydrogens is 174 g/mol. The van der Waals surface area contributed by atoms with Gasteiger partial charge in [0.25, 0.3) is 0 Å². The smallest absolute Gasteiger partial charge is 0.0728 e. The molecule has 1 aromatic heterocycles. The summed E-state index contributed by atoms with van der Waals surface area (Å²) in [7, 11) is 1.96. The molecule has 2 saturated carbocycles. The molecule has 0 amide bonds. The van der Waals surface area contributed by atoms with Gasteiger partial charge in [0.2, 0.25) is 0 Å². The normalized spacial score (nSPS) is 35.1. The molecule has 0 unspecified atom stereocenters. The number of nitrogens with zero attached hydrogens (tertiary/aromatic N) is 2. The summed E-state index contributed by atoms with van der Waals surface area (Å²) in [6.45, 7) is 0. The molecule has 3 rings (SSSR count). The number of hydrogen-bond donors (Lipinski definition) is 1. The van der Waals surface area contributed by atoms with Crippen molar-refractivity contribution in [2.75, 3.05) is 5.32 Å². The highest BCUT2D eigenvalue weighted by Gasteiger charge is 2.39. The van der Waals surface area contributed by atoms with Crippen LogP contribution in [0.4, 0.5) is 5.69 Å². The fraction of sp³-hybridized carbons (Fsp3) is 0.727. The SMILES string of the molecule is Cn1cc(N[C@H]2C[C@@H]3CC[C@@H]2C3)cn1. The molecule has 3 heteroatoms. The van der Waals surface area contributed by atoms with Crippen LogP contribution in [-0.2, 0) is 7.05 Å². The summed E-state index contributed by atoms with van der Waals surface area (Å²) in [5.74, 6) is 1.94. The molecule has 0 spiro atoms. The molecule has 1 N–H and O–H groups in total. The van der Waals surface area contributed by atoms with Gasteiger partial charge in [0.1, 0.15) is 0 Å². The van der Waals surface area contributed by atoms with Gasteiger partial charge in [-0.25, -0.2) is 0 Å². The number of hydrogen-bond acceptors (Lipinski definition) is 2. The summed E-state index contributed by atoms with van der Waals surface area (Å²) < 4.78 is 1.86. The van der Waals surface area contributed by atoms with Gasteiger partial charge in [-0.2, -0.15) is 5.10 Å². The summed E-state index contributed by atoms with van der Waals surface area (Å²) in [5.41, 5.74) is 1.19. The number of rotatable bonds is 2. The lowest BCUT2D eigenvalue weighted by molar-refractivity contribution is 0.440. The largest absolute Gasteiger partial charge is 0.379 e. The molecule has 0 aromatic carbocycles. The lowest BCUT2D eigenvalue weighted by Crippen LogP contribution is -2.25. The number of anilines is 1. The van der Waals surface area contributed by atoms with Crippen LogP contribution in [0, 0.1) is 11.8 Å². The molecule has 0 aliphatic heterocycles. The second-order valence-electron chi connectivity index (χ2n) is 4.83. The van der Waals surface area contributed by atoms with Crippen LogP contribution in [0.5, 0.6) is 0 Å². The van der Waals surface area contributed by atoms with E-state index < -0.39 is 0 Å². The second-order valence-corrected chi connectivity index (χ2v) is 4.83. The third-order valence-electron chi connectivity index (χ3n) is 3.80. The van der Waals surface area contributed by atoms with E-state index in [1.165, 1.54) is 31.4 Å². The molecule has 76 valence electrons. The molecule has 1 heterocycles. The number of nitrogens with one attached hydrogen (secondary N) is 1. The molecule has 2 aliphatic rings. The third kappa shape index (κ3) is 1.31. The minimum absolute atomic E-state index is 0.720.